The first-order valence-electron chi connectivity index (χ1n) is 9.27. The van der Waals surface area contributed by atoms with E-state index in [0.717, 1.165) is 0 Å². The smallest absolute Gasteiger partial charge is 0.420 e. The molecule has 29 heavy (non-hydrogen) atoms. The summed E-state index contributed by atoms with van der Waals surface area (Å²) >= 11 is 0. The van der Waals surface area contributed by atoms with Crippen LogP contribution in [0.3, 0.4) is 0 Å². The van der Waals surface area contributed by atoms with E-state index in [0.29, 0.717) is 5.52 Å². The zero-order valence-corrected chi connectivity index (χ0v) is 16.9. The second-order valence-electron chi connectivity index (χ2n) is 7.13. The number of rotatable bonds is 4. The minimum absolute atomic E-state index is 0.0560. The van der Waals surface area contributed by atoms with Gasteiger partial charge in [-0.2, -0.15) is 4.31 Å². The average molecular weight is 419 g/mol. The third kappa shape index (κ3) is 3.38. The Labute approximate surface area is 167 Å². The molecule has 10 heteroatoms. The third-order valence-electron chi connectivity index (χ3n) is 5.00. The van der Waals surface area contributed by atoms with E-state index in [1.54, 1.807) is 23.1 Å². The molecule has 0 spiro atoms. The Balaban J connectivity index is 1.55. The lowest BCUT2D eigenvalue weighted by molar-refractivity contribution is 0.0666. The van der Waals surface area contributed by atoms with Crippen LogP contribution in [0.5, 0.6) is 0 Å². The highest BCUT2D eigenvalue weighted by atomic mass is 32.2. The number of carbonyl (C=O) groups excluding carboxylic acids is 1. The van der Waals surface area contributed by atoms with Gasteiger partial charge in [0.2, 0.25) is 10.0 Å². The van der Waals surface area contributed by atoms with Gasteiger partial charge in [0.1, 0.15) is 0 Å². The summed E-state index contributed by atoms with van der Waals surface area (Å²) in [4.78, 5) is 26.0. The second kappa shape index (κ2) is 7.20. The lowest BCUT2D eigenvalue weighted by Gasteiger charge is -2.33. The van der Waals surface area contributed by atoms with Crippen LogP contribution < -0.4 is 5.76 Å². The molecule has 1 aromatic carbocycles. The zero-order valence-electron chi connectivity index (χ0n) is 16.1. The number of piperazine rings is 1. The van der Waals surface area contributed by atoms with Gasteiger partial charge in [-0.1, -0.05) is 0 Å². The molecule has 1 saturated heterocycles. The number of benzene rings is 1. The number of nitrogens with zero attached hydrogens (tertiary/aromatic N) is 3. The largest absolute Gasteiger partial charge is 0.459 e. The van der Waals surface area contributed by atoms with Gasteiger partial charge in [-0.15, -0.1) is 0 Å². The van der Waals surface area contributed by atoms with Gasteiger partial charge in [0.05, 0.1) is 16.7 Å². The van der Waals surface area contributed by atoms with E-state index in [1.807, 2.05) is 13.8 Å². The van der Waals surface area contributed by atoms with Crippen LogP contribution in [0.1, 0.15) is 30.4 Å². The molecule has 0 aliphatic carbocycles. The molecule has 3 aromatic rings. The number of amides is 1. The van der Waals surface area contributed by atoms with Gasteiger partial charge in [-0.25, -0.2) is 13.2 Å². The monoisotopic (exact) mass is 419 g/mol. The molecule has 4 rings (SSSR count). The normalized spacial score (nSPS) is 16.0. The maximum Gasteiger partial charge on any atom is 0.420 e. The van der Waals surface area contributed by atoms with Gasteiger partial charge in [-0.3, -0.25) is 9.36 Å². The van der Waals surface area contributed by atoms with Gasteiger partial charge in [0, 0.05) is 38.3 Å². The molecule has 0 N–H and O–H groups in total. The van der Waals surface area contributed by atoms with Crippen LogP contribution in [0, 0.1) is 0 Å². The Morgan fingerprint density at radius 2 is 1.83 bits per heavy atom. The van der Waals surface area contributed by atoms with Crippen molar-refractivity contribution in [3.63, 3.8) is 0 Å². The van der Waals surface area contributed by atoms with Crippen molar-refractivity contribution in [1.29, 1.82) is 0 Å². The van der Waals surface area contributed by atoms with Crippen molar-refractivity contribution in [3.8, 4) is 0 Å². The molecule has 0 saturated carbocycles. The number of oxazole rings is 1. The van der Waals surface area contributed by atoms with Crippen molar-refractivity contribution in [2.75, 3.05) is 26.2 Å². The van der Waals surface area contributed by atoms with E-state index in [1.165, 1.54) is 27.3 Å². The Morgan fingerprint density at radius 1 is 1.10 bits per heavy atom. The number of hydrogen-bond acceptors (Lipinski definition) is 6. The van der Waals surface area contributed by atoms with Crippen molar-refractivity contribution < 1.29 is 22.0 Å². The Kier molecular flexibility index (Phi) is 4.83. The fourth-order valence-corrected chi connectivity index (χ4v) is 4.94. The van der Waals surface area contributed by atoms with Crippen molar-refractivity contribution in [1.82, 2.24) is 13.8 Å². The molecule has 0 bridgehead atoms. The van der Waals surface area contributed by atoms with Gasteiger partial charge in [0.15, 0.2) is 11.3 Å². The van der Waals surface area contributed by atoms with Crippen molar-refractivity contribution in [3.05, 3.63) is 52.9 Å². The maximum absolute atomic E-state index is 13.0. The molecule has 2 aromatic heterocycles. The van der Waals surface area contributed by atoms with Crippen molar-refractivity contribution >= 4 is 27.0 Å². The Bertz CT molecular complexity index is 1200. The number of hydrogen-bond donors (Lipinski definition) is 0. The predicted octanol–water partition coefficient (Wildman–Crippen LogP) is 1.92. The van der Waals surface area contributed by atoms with E-state index in [4.69, 9.17) is 8.83 Å². The van der Waals surface area contributed by atoms with E-state index in [2.05, 4.69) is 0 Å². The van der Waals surface area contributed by atoms with Crippen LogP contribution in [-0.2, 0) is 10.0 Å². The summed E-state index contributed by atoms with van der Waals surface area (Å²) < 4.78 is 39.2. The molecule has 1 aliphatic heterocycles. The summed E-state index contributed by atoms with van der Waals surface area (Å²) in [6, 6.07) is 7.55. The zero-order chi connectivity index (χ0) is 20.8. The van der Waals surface area contributed by atoms with Crippen LogP contribution in [0.25, 0.3) is 11.1 Å². The van der Waals surface area contributed by atoms with Crippen molar-refractivity contribution in [2.24, 2.45) is 0 Å². The first-order chi connectivity index (χ1) is 13.8. The molecule has 1 aliphatic rings. The first kappa shape index (κ1) is 19.5. The molecular weight excluding hydrogens is 398 g/mol. The number of carbonyl (C=O) groups is 1. The van der Waals surface area contributed by atoms with E-state index >= 15 is 0 Å². The Morgan fingerprint density at radius 3 is 2.45 bits per heavy atom. The van der Waals surface area contributed by atoms with E-state index in [-0.39, 0.29) is 54.4 Å². The summed E-state index contributed by atoms with van der Waals surface area (Å²) in [6.45, 7) is 4.57. The fraction of sp³-hybridized carbons (Fsp3) is 0.368. The topological polar surface area (TPSA) is 106 Å². The van der Waals surface area contributed by atoms with Crippen molar-refractivity contribution in [2.45, 2.75) is 24.8 Å². The van der Waals surface area contributed by atoms with E-state index in [9.17, 15) is 18.0 Å². The number of sulfonamides is 1. The third-order valence-corrected chi connectivity index (χ3v) is 6.89. The minimum Gasteiger partial charge on any atom is -0.459 e. The molecule has 154 valence electrons. The van der Waals surface area contributed by atoms with Crippen LogP contribution in [0.4, 0.5) is 0 Å². The first-order valence-corrected chi connectivity index (χ1v) is 10.7. The van der Waals surface area contributed by atoms with Gasteiger partial charge < -0.3 is 13.7 Å². The maximum atomic E-state index is 13.0. The molecule has 3 heterocycles. The summed E-state index contributed by atoms with van der Waals surface area (Å²) in [5.41, 5.74) is 0.786. The molecule has 0 unspecified atom stereocenters. The molecule has 1 fully saturated rings. The summed E-state index contributed by atoms with van der Waals surface area (Å²) in [5, 5.41) is 0. The van der Waals surface area contributed by atoms with Gasteiger partial charge in [-0.05, 0) is 38.1 Å². The Hall–Kier alpha value is -2.85. The molecule has 0 atom stereocenters. The SMILES string of the molecule is CC(C)n1c(=O)oc2cc(S(=O)(=O)N3CCN(C(=O)c4ccco4)CC3)ccc21. The van der Waals surface area contributed by atoms with Crippen LogP contribution in [0.2, 0.25) is 0 Å². The highest BCUT2D eigenvalue weighted by molar-refractivity contribution is 7.89. The standard InChI is InChI=1S/C19H21N3O6S/c1-13(2)22-15-6-5-14(12-17(15)28-19(22)24)29(25,26)21-9-7-20(8-10-21)18(23)16-4-3-11-27-16/h3-6,11-13H,7-10H2,1-2H3. The fourth-order valence-electron chi connectivity index (χ4n) is 3.50. The predicted molar refractivity (Wildman–Crippen MR) is 104 cm³/mol. The van der Waals surface area contributed by atoms with Gasteiger partial charge >= 0.3 is 5.76 Å². The minimum atomic E-state index is -3.78. The number of fused-ring (bicyclic) bond motifs is 1. The average Bonchev–Trinajstić information content (AvgIpc) is 3.33. The molecule has 1 amide bonds. The lowest BCUT2D eigenvalue weighted by Crippen LogP contribution is -2.50. The molecule has 0 radical (unpaired) electrons. The van der Waals surface area contributed by atoms with Crippen LogP contribution in [0.15, 0.2) is 55.1 Å². The summed E-state index contributed by atoms with van der Waals surface area (Å²) in [7, 11) is -3.78. The quantitative estimate of drug-likeness (QED) is 0.640. The van der Waals surface area contributed by atoms with Crippen LogP contribution >= 0.6 is 0 Å². The van der Waals surface area contributed by atoms with Gasteiger partial charge in [0.25, 0.3) is 5.91 Å². The number of aromatic nitrogens is 1. The molecular formula is C19H21N3O6S. The lowest BCUT2D eigenvalue weighted by atomic mass is 10.3. The summed E-state index contributed by atoms with van der Waals surface area (Å²) in [5.74, 6) is -0.545. The van der Waals surface area contributed by atoms with Crippen LogP contribution in [-0.4, -0.2) is 54.3 Å². The second-order valence-corrected chi connectivity index (χ2v) is 9.07. The highest BCUT2D eigenvalue weighted by Crippen LogP contribution is 2.24. The highest BCUT2D eigenvalue weighted by Gasteiger charge is 2.31. The molecule has 9 nitrogen and oxygen atoms in total. The summed E-state index contributed by atoms with van der Waals surface area (Å²) in [6.07, 6.45) is 1.43. The van der Waals surface area contributed by atoms with E-state index < -0.39 is 15.8 Å². The number of furan rings is 1.